The maximum Gasteiger partial charge on any atom is 0.139 e. The Morgan fingerprint density at radius 2 is 1.88 bits per heavy atom. The minimum atomic E-state index is -0.367. The predicted octanol–water partition coefficient (Wildman–Crippen LogP) is 3.01. The van der Waals surface area contributed by atoms with E-state index in [0.29, 0.717) is 5.92 Å². The average Bonchev–Trinajstić information content (AvgIpc) is 2.58. The van der Waals surface area contributed by atoms with Crippen LogP contribution in [0.15, 0.2) is 24.3 Å². The van der Waals surface area contributed by atoms with Crippen molar-refractivity contribution in [1.29, 1.82) is 0 Å². The van der Waals surface area contributed by atoms with E-state index in [1.807, 2.05) is 6.07 Å². The lowest BCUT2D eigenvalue weighted by atomic mass is 9.73. The molecule has 1 aromatic carbocycles. The summed E-state index contributed by atoms with van der Waals surface area (Å²) in [6, 6.07) is 8.30. The molecule has 0 unspecified atom stereocenters. The fraction of sp³-hybridized carbons (Fsp3) is 0.636. The van der Waals surface area contributed by atoms with Crippen LogP contribution in [0.3, 0.4) is 0 Å². The Morgan fingerprint density at radius 3 is 2.60 bits per heavy atom. The molecule has 0 spiro atoms. The van der Waals surface area contributed by atoms with Crippen molar-refractivity contribution >= 4 is 0 Å². The zero-order valence-electron chi connectivity index (χ0n) is 16.3. The van der Waals surface area contributed by atoms with E-state index in [1.54, 1.807) is 0 Å². The van der Waals surface area contributed by atoms with E-state index in [4.69, 9.17) is 9.47 Å². The number of fused-ring (bicyclic) bond motifs is 3. The second-order valence-corrected chi connectivity index (χ2v) is 8.09. The lowest BCUT2D eigenvalue weighted by Crippen LogP contribution is -3.11. The largest absolute Gasteiger partial charge is 0.487 e. The molecule has 3 atom stereocenters. The topological polar surface area (TPSA) is 22.9 Å². The standard InChI is InChI=1S/C22H31NO2/c1-6-23(7-2)16-10-14-22(5)15-13-18-20(25-22)17-11-8-9-12-19(17)24-21(18,3)4/h8-9,11-12,18,20H,6-7,13,15-16H2,1-5H3/p+1/t18-,20-,22-/m0/s1. The van der Waals surface area contributed by atoms with Gasteiger partial charge < -0.3 is 14.4 Å². The zero-order chi connectivity index (χ0) is 18.1. The number of nitrogens with one attached hydrogen (secondary N) is 1. The zero-order valence-corrected chi connectivity index (χ0v) is 16.3. The molecule has 0 bridgehead atoms. The van der Waals surface area contributed by atoms with Crippen molar-refractivity contribution in [2.24, 2.45) is 5.92 Å². The van der Waals surface area contributed by atoms with Gasteiger partial charge >= 0.3 is 0 Å². The molecule has 3 rings (SSSR count). The second-order valence-electron chi connectivity index (χ2n) is 8.09. The fourth-order valence-electron chi connectivity index (χ4n) is 4.11. The van der Waals surface area contributed by atoms with Gasteiger partial charge in [-0.2, -0.15) is 0 Å². The van der Waals surface area contributed by atoms with E-state index < -0.39 is 0 Å². The van der Waals surface area contributed by atoms with Crippen molar-refractivity contribution in [3.05, 3.63) is 29.8 Å². The lowest BCUT2D eigenvalue weighted by molar-refractivity contribution is -0.889. The molecule has 0 amide bonds. The van der Waals surface area contributed by atoms with E-state index in [9.17, 15) is 0 Å². The molecule has 2 aliphatic rings. The van der Waals surface area contributed by atoms with E-state index in [-0.39, 0.29) is 17.3 Å². The number of hydrogen-bond acceptors (Lipinski definition) is 2. The fourth-order valence-corrected chi connectivity index (χ4v) is 4.11. The highest BCUT2D eigenvalue weighted by molar-refractivity contribution is 5.39. The number of ether oxygens (including phenoxy) is 2. The highest BCUT2D eigenvalue weighted by Gasteiger charge is 2.49. The van der Waals surface area contributed by atoms with Gasteiger partial charge in [-0.25, -0.2) is 0 Å². The van der Waals surface area contributed by atoms with Crippen molar-refractivity contribution in [3.8, 4) is 17.6 Å². The van der Waals surface area contributed by atoms with Gasteiger partial charge in [0.1, 0.15) is 23.5 Å². The summed E-state index contributed by atoms with van der Waals surface area (Å²) >= 11 is 0. The van der Waals surface area contributed by atoms with Crippen molar-refractivity contribution in [2.45, 2.75) is 64.8 Å². The van der Waals surface area contributed by atoms with Crippen LogP contribution in [0, 0.1) is 17.8 Å². The van der Waals surface area contributed by atoms with Crippen LogP contribution >= 0.6 is 0 Å². The Balaban J connectivity index is 1.83. The van der Waals surface area contributed by atoms with Crippen LogP contribution in [-0.4, -0.2) is 30.8 Å². The molecular formula is C22H32NO2+. The smallest absolute Gasteiger partial charge is 0.139 e. The Hall–Kier alpha value is -1.50. The first-order valence-electron chi connectivity index (χ1n) is 9.68. The molecule has 0 aromatic heterocycles. The first-order chi connectivity index (χ1) is 11.9. The molecule has 1 fully saturated rings. The van der Waals surface area contributed by atoms with Gasteiger partial charge in [0.25, 0.3) is 0 Å². The SMILES string of the molecule is CC[NH+](CC)CC#C[C@@]1(C)CC[C@H]2[C@@H](O1)c1ccccc1OC2(C)C. The van der Waals surface area contributed by atoms with Crippen LogP contribution in [0.25, 0.3) is 0 Å². The molecular weight excluding hydrogens is 310 g/mol. The van der Waals surface area contributed by atoms with E-state index >= 15 is 0 Å². The Bertz CT molecular complexity index is 668. The van der Waals surface area contributed by atoms with Gasteiger partial charge in [0, 0.05) is 11.5 Å². The van der Waals surface area contributed by atoms with Gasteiger partial charge in [-0.15, -0.1) is 0 Å². The van der Waals surface area contributed by atoms with Crippen molar-refractivity contribution < 1.29 is 14.4 Å². The third-order valence-electron chi connectivity index (χ3n) is 5.87. The Labute approximate surface area is 152 Å². The first kappa shape index (κ1) is 18.3. The molecule has 0 aliphatic carbocycles. The Morgan fingerprint density at radius 1 is 1.16 bits per heavy atom. The van der Waals surface area contributed by atoms with Crippen molar-refractivity contribution in [2.75, 3.05) is 19.6 Å². The molecule has 1 N–H and O–H groups in total. The number of rotatable bonds is 3. The summed E-state index contributed by atoms with van der Waals surface area (Å²) in [6.45, 7) is 14.1. The quantitative estimate of drug-likeness (QED) is 0.854. The minimum absolute atomic E-state index is 0.0637. The molecule has 0 radical (unpaired) electrons. The number of para-hydroxylation sites is 1. The third-order valence-corrected chi connectivity index (χ3v) is 5.87. The maximum atomic E-state index is 6.63. The van der Waals surface area contributed by atoms with Gasteiger partial charge in [-0.3, -0.25) is 0 Å². The molecule has 136 valence electrons. The van der Waals surface area contributed by atoms with Crippen LogP contribution in [0.4, 0.5) is 0 Å². The molecule has 2 heterocycles. The first-order valence-corrected chi connectivity index (χ1v) is 9.68. The molecule has 3 nitrogen and oxygen atoms in total. The highest BCUT2D eigenvalue weighted by Crippen LogP contribution is 2.52. The third kappa shape index (κ3) is 3.71. The predicted molar refractivity (Wildman–Crippen MR) is 101 cm³/mol. The monoisotopic (exact) mass is 342 g/mol. The van der Waals surface area contributed by atoms with E-state index in [2.05, 4.69) is 64.7 Å². The molecule has 2 aliphatic heterocycles. The summed E-state index contributed by atoms with van der Waals surface area (Å²) in [6.07, 6.45) is 2.10. The average molecular weight is 343 g/mol. The van der Waals surface area contributed by atoms with Crippen molar-refractivity contribution in [3.63, 3.8) is 0 Å². The summed E-state index contributed by atoms with van der Waals surface area (Å²) < 4.78 is 12.9. The number of quaternary nitrogens is 1. The molecule has 3 heteroatoms. The summed E-state index contributed by atoms with van der Waals surface area (Å²) in [4.78, 5) is 1.52. The highest BCUT2D eigenvalue weighted by atomic mass is 16.5. The van der Waals surface area contributed by atoms with Crippen LogP contribution < -0.4 is 9.64 Å². The van der Waals surface area contributed by atoms with Gasteiger partial charge in [-0.1, -0.05) is 24.1 Å². The lowest BCUT2D eigenvalue weighted by Gasteiger charge is -2.50. The van der Waals surface area contributed by atoms with E-state index in [1.165, 1.54) is 10.5 Å². The molecule has 0 saturated carbocycles. The summed E-state index contributed by atoms with van der Waals surface area (Å²) in [7, 11) is 0. The molecule has 25 heavy (non-hydrogen) atoms. The van der Waals surface area contributed by atoms with Crippen LogP contribution in [-0.2, 0) is 4.74 Å². The van der Waals surface area contributed by atoms with Crippen LogP contribution in [0.2, 0.25) is 0 Å². The van der Waals surface area contributed by atoms with Gasteiger partial charge in [-0.05, 0) is 59.4 Å². The second kappa shape index (κ2) is 7.02. The number of benzene rings is 1. The summed E-state index contributed by atoms with van der Waals surface area (Å²) in [5.41, 5.74) is 0.599. The van der Waals surface area contributed by atoms with Crippen molar-refractivity contribution in [1.82, 2.24) is 0 Å². The molecule has 1 aromatic rings. The van der Waals surface area contributed by atoms with Gasteiger partial charge in [0.2, 0.25) is 0 Å². The Kier molecular flexibility index (Phi) is 5.14. The van der Waals surface area contributed by atoms with Crippen LogP contribution in [0.1, 0.15) is 59.1 Å². The van der Waals surface area contributed by atoms with Gasteiger partial charge in [0.05, 0.1) is 19.2 Å². The van der Waals surface area contributed by atoms with E-state index in [0.717, 1.165) is 38.2 Å². The van der Waals surface area contributed by atoms with Gasteiger partial charge in [0.15, 0.2) is 0 Å². The van der Waals surface area contributed by atoms with Crippen LogP contribution in [0.5, 0.6) is 5.75 Å². The maximum absolute atomic E-state index is 6.63. The summed E-state index contributed by atoms with van der Waals surface area (Å²) in [5.74, 6) is 8.17. The normalized spacial score (nSPS) is 29.8. The number of hydrogen-bond donors (Lipinski definition) is 1. The minimum Gasteiger partial charge on any atom is -0.487 e. The molecule has 1 saturated heterocycles. The summed E-state index contributed by atoms with van der Waals surface area (Å²) in [5, 5.41) is 0.